The van der Waals surface area contributed by atoms with Crippen LogP contribution >= 0.6 is 11.6 Å². The van der Waals surface area contributed by atoms with Gasteiger partial charge in [-0.15, -0.1) is 0 Å². The quantitative estimate of drug-likeness (QED) is 0.937. The van der Waals surface area contributed by atoms with Crippen LogP contribution < -0.4 is 15.0 Å². The second-order valence-corrected chi connectivity index (χ2v) is 6.28. The molecular weight excluding hydrogens is 312 g/mol. The number of hydrogen-bond acceptors (Lipinski definition) is 3. The van der Waals surface area contributed by atoms with Crippen molar-refractivity contribution in [1.29, 1.82) is 0 Å². The summed E-state index contributed by atoms with van der Waals surface area (Å²) in [6, 6.07) is 13.5. The molecule has 5 heteroatoms. The lowest BCUT2D eigenvalue weighted by atomic mass is 10.1. The number of halogens is 1. The number of ether oxygens (including phenoxy) is 1. The zero-order chi connectivity index (χ0) is 16.4. The number of carbonyl (C=O) groups is 1. The first-order valence-corrected chi connectivity index (χ1v) is 7.90. The maximum atomic E-state index is 12.3. The Kier molecular flexibility index (Phi) is 4.44. The van der Waals surface area contributed by atoms with Gasteiger partial charge in [-0.2, -0.15) is 0 Å². The Morgan fingerprint density at radius 2 is 2.00 bits per heavy atom. The summed E-state index contributed by atoms with van der Waals surface area (Å²) in [5.41, 5.74) is 3.17. The zero-order valence-corrected chi connectivity index (χ0v) is 13.9. The van der Waals surface area contributed by atoms with Gasteiger partial charge in [-0.25, -0.2) is 0 Å². The average Bonchev–Trinajstić information content (AvgIpc) is 2.96. The molecule has 0 aliphatic carbocycles. The molecule has 1 amide bonds. The van der Waals surface area contributed by atoms with E-state index in [1.54, 1.807) is 6.07 Å². The number of nitrogens with zero attached hydrogens (tertiary/aromatic N) is 1. The maximum absolute atomic E-state index is 12.3. The highest BCUT2D eigenvalue weighted by Crippen LogP contribution is 2.31. The van der Waals surface area contributed by atoms with E-state index in [9.17, 15) is 4.79 Å². The zero-order valence-electron chi connectivity index (χ0n) is 13.2. The second-order valence-electron chi connectivity index (χ2n) is 5.84. The van der Waals surface area contributed by atoms with Crippen LogP contribution in [0, 0.1) is 0 Å². The van der Waals surface area contributed by atoms with Crippen LogP contribution in [0.4, 0.5) is 5.69 Å². The second kappa shape index (κ2) is 6.50. The van der Waals surface area contributed by atoms with Crippen LogP contribution in [0.3, 0.4) is 0 Å². The minimum atomic E-state index is -0.482. The largest absolute Gasteiger partial charge is 0.480 e. The molecule has 120 valence electrons. The van der Waals surface area contributed by atoms with Gasteiger partial charge in [0.2, 0.25) is 0 Å². The van der Waals surface area contributed by atoms with Crippen molar-refractivity contribution in [3.63, 3.8) is 0 Å². The van der Waals surface area contributed by atoms with E-state index >= 15 is 0 Å². The van der Waals surface area contributed by atoms with E-state index in [4.69, 9.17) is 16.3 Å². The van der Waals surface area contributed by atoms with E-state index in [1.165, 1.54) is 0 Å². The van der Waals surface area contributed by atoms with Crippen molar-refractivity contribution >= 4 is 23.2 Å². The van der Waals surface area contributed by atoms with E-state index in [2.05, 4.69) is 5.32 Å². The van der Waals surface area contributed by atoms with Crippen molar-refractivity contribution in [2.24, 2.45) is 0 Å². The standard InChI is InChI=1S/C18H19ClN2O2/c1-21(2)15-6-3-12(4-7-15)11-20-18(22)17-10-13-9-14(19)5-8-16(13)23-17/h3-9,17H,10-11H2,1-2H3,(H,20,22). The number of amides is 1. The van der Waals surface area contributed by atoms with Gasteiger partial charge in [0.05, 0.1) is 0 Å². The summed E-state index contributed by atoms with van der Waals surface area (Å²) in [5, 5.41) is 3.59. The number of carbonyl (C=O) groups excluding carboxylic acids is 1. The van der Waals surface area contributed by atoms with Crippen LogP contribution in [0.2, 0.25) is 5.02 Å². The van der Waals surface area contributed by atoms with Crippen LogP contribution in [0.5, 0.6) is 5.75 Å². The number of benzene rings is 2. The molecular formula is C18H19ClN2O2. The highest BCUT2D eigenvalue weighted by atomic mass is 35.5. The summed E-state index contributed by atoms with van der Waals surface area (Å²) in [5.74, 6) is 0.638. The van der Waals surface area contributed by atoms with E-state index in [1.807, 2.05) is 55.4 Å². The fraction of sp³-hybridized carbons (Fsp3) is 0.278. The molecule has 0 radical (unpaired) electrons. The van der Waals surface area contributed by atoms with Crippen LogP contribution in [0.1, 0.15) is 11.1 Å². The maximum Gasteiger partial charge on any atom is 0.261 e. The molecule has 2 aromatic rings. The molecule has 1 aliphatic rings. The molecule has 1 N–H and O–H groups in total. The van der Waals surface area contributed by atoms with Gasteiger partial charge >= 0.3 is 0 Å². The Balaban J connectivity index is 1.56. The molecule has 0 saturated heterocycles. The SMILES string of the molecule is CN(C)c1ccc(CNC(=O)C2Cc3cc(Cl)ccc3O2)cc1. The van der Waals surface area contributed by atoms with Gasteiger partial charge in [-0.05, 0) is 41.5 Å². The van der Waals surface area contributed by atoms with Crippen molar-refractivity contribution in [3.05, 3.63) is 58.6 Å². The molecule has 2 aromatic carbocycles. The molecule has 23 heavy (non-hydrogen) atoms. The van der Waals surface area contributed by atoms with Crippen LogP contribution in [0.25, 0.3) is 0 Å². The predicted octanol–water partition coefficient (Wildman–Crippen LogP) is 3.03. The number of nitrogens with one attached hydrogen (secondary N) is 1. The average molecular weight is 331 g/mol. The summed E-state index contributed by atoms with van der Waals surface area (Å²) >= 11 is 5.97. The van der Waals surface area contributed by atoms with Gasteiger partial charge in [0, 0.05) is 37.8 Å². The molecule has 0 fully saturated rings. The Labute approximate surface area is 141 Å². The molecule has 0 spiro atoms. The van der Waals surface area contributed by atoms with Gasteiger partial charge in [0.25, 0.3) is 5.91 Å². The molecule has 1 heterocycles. The first-order valence-electron chi connectivity index (χ1n) is 7.52. The van der Waals surface area contributed by atoms with E-state index in [-0.39, 0.29) is 5.91 Å². The minimum Gasteiger partial charge on any atom is -0.480 e. The van der Waals surface area contributed by atoms with Gasteiger partial charge in [-0.1, -0.05) is 23.7 Å². The normalized spacial score (nSPS) is 15.7. The van der Waals surface area contributed by atoms with Gasteiger partial charge in [-0.3, -0.25) is 4.79 Å². The highest BCUT2D eigenvalue weighted by molar-refractivity contribution is 6.30. The molecule has 0 aromatic heterocycles. The Morgan fingerprint density at radius 1 is 1.26 bits per heavy atom. The van der Waals surface area contributed by atoms with Gasteiger partial charge < -0.3 is 15.0 Å². The Bertz CT molecular complexity index is 713. The Hall–Kier alpha value is -2.20. The van der Waals surface area contributed by atoms with Crippen LogP contribution in [0.15, 0.2) is 42.5 Å². The summed E-state index contributed by atoms with van der Waals surface area (Å²) < 4.78 is 5.69. The highest BCUT2D eigenvalue weighted by Gasteiger charge is 2.28. The summed E-state index contributed by atoms with van der Waals surface area (Å²) in [4.78, 5) is 14.3. The van der Waals surface area contributed by atoms with Crippen LogP contribution in [-0.2, 0) is 17.8 Å². The first-order chi connectivity index (χ1) is 11.0. The molecule has 0 saturated carbocycles. The number of anilines is 1. The van der Waals surface area contributed by atoms with Crippen molar-refractivity contribution < 1.29 is 9.53 Å². The fourth-order valence-corrected chi connectivity index (χ4v) is 2.77. The smallest absolute Gasteiger partial charge is 0.261 e. The molecule has 1 atom stereocenters. The molecule has 4 nitrogen and oxygen atoms in total. The molecule has 1 unspecified atom stereocenters. The van der Waals surface area contributed by atoms with Gasteiger partial charge in [0.15, 0.2) is 6.10 Å². The predicted molar refractivity (Wildman–Crippen MR) is 92.2 cm³/mol. The van der Waals surface area contributed by atoms with E-state index in [0.29, 0.717) is 18.0 Å². The van der Waals surface area contributed by atoms with Gasteiger partial charge in [0.1, 0.15) is 5.75 Å². The number of rotatable bonds is 4. The lowest BCUT2D eigenvalue weighted by Crippen LogP contribution is -2.37. The lowest BCUT2D eigenvalue weighted by Gasteiger charge is -2.14. The topological polar surface area (TPSA) is 41.6 Å². The molecule has 1 aliphatic heterocycles. The Morgan fingerprint density at radius 3 is 2.70 bits per heavy atom. The third-order valence-electron chi connectivity index (χ3n) is 3.91. The third kappa shape index (κ3) is 3.59. The minimum absolute atomic E-state index is 0.103. The summed E-state index contributed by atoms with van der Waals surface area (Å²) in [6.07, 6.45) is 0.0749. The van der Waals surface area contributed by atoms with Crippen molar-refractivity contribution in [2.75, 3.05) is 19.0 Å². The number of hydrogen-bond donors (Lipinski definition) is 1. The molecule has 3 rings (SSSR count). The summed E-state index contributed by atoms with van der Waals surface area (Å²) in [6.45, 7) is 0.490. The van der Waals surface area contributed by atoms with Crippen LogP contribution in [-0.4, -0.2) is 26.1 Å². The fourth-order valence-electron chi connectivity index (χ4n) is 2.58. The molecule has 0 bridgehead atoms. The van der Waals surface area contributed by atoms with E-state index < -0.39 is 6.10 Å². The number of fused-ring (bicyclic) bond motifs is 1. The lowest BCUT2D eigenvalue weighted by molar-refractivity contribution is -0.127. The van der Waals surface area contributed by atoms with Crippen molar-refractivity contribution in [1.82, 2.24) is 5.32 Å². The van der Waals surface area contributed by atoms with E-state index in [0.717, 1.165) is 22.6 Å². The monoisotopic (exact) mass is 330 g/mol. The first kappa shape index (κ1) is 15.7. The van der Waals surface area contributed by atoms with Crippen molar-refractivity contribution in [2.45, 2.75) is 19.1 Å². The summed E-state index contributed by atoms with van der Waals surface area (Å²) in [7, 11) is 4.00. The third-order valence-corrected chi connectivity index (χ3v) is 4.14. The van der Waals surface area contributed by atoms with Crippen molar-refractivity contribution in [3.8, 4) is 5.75 Å².